The minimum atomic E-state index is -0.895. The lowest BCUT2D eigenvalue weighted by Crippen LogP contribution is -2.61. The highest BCUT2D eigenvalue weighted by Gasteiger charge is 2.41. The van der Waals surface area contributed by atoms with E-state index in [0.717, 1.165) is 23.5 Å². The van der Waals surface area contributed by atoms with Crippen LogP contribution in [-0.2, 0) is 9.47 Å². The standard InChI is InChI=1S/C33H35ClF2N4O6S/c1-16-14-40-17(15-39(16)31(43)46-33(5,6)7)10-11-44-26-19(29(40)41)12-22(36)24(25(26)34)18-8-9-21(35)27-23(18)20(13-37)28(47-27)38-30(42)45-32(2,3)4/h8-9,12,16-17H,10-11,14-15H2,1-7H3,(H,38,42)/t16-,17+/m1/s1. The number of nitrogens with one attached hydrogen (secondary N) is 1. The zero-order valence-corrected chi connectivity index (χ0v) is 28.6. The predicted octanol–water partition coefficient (Wildman–Crippen LogP) is 7.95. The van der Waals surface area contributed by atoms with Gasteiger partial charge in [-0.2, -0.15) is 5.26 Å². The second kappa shape index (κ2) is 12.5. The SMILES string of the molecule is C[C@@H]1CN2C(=O)c3cc(F)c(-c4ccc(F)c5sc(NC(=O)OC(C)(C)C)c(C#N)c45)c(Cl)c3OCC[C@H]2CN1C(=O)OC(C)(C)C. The summed E-state index contributed by atoms with van der Waals surface area (Å²) in [4.78, 5) is 42.5. The Hall–Kier alpha value is -4.15. The monoisotopic (exact) mass is 688 g/mol. The van der Waals surface area contributed by atoms with E-state index in [1.807, 2.05) is 6.07 Å². The van der Waals surface area contributed by atoms with Crippen LogP contribution in [-0.4, -0.2) is 70.9 Å². The van der Waals surface area contributed by atoms with E-state index in [2.05, 4.69) is 5.32 Å². The molecule has 14 heteroatoms. The summed E-state index contributed by atoms with van der Waals surface area (Å²) in [5, 5.41) is 12.4. The smallest absolute Gasteiger partial charge is 0.412 e. The quantitative estimate of drug-likeness (QED) is 0.290. The molecule has 0 radical (unpaired) electrons. The third-order valence-corrected chi connectivity index (χ3v) is 9.09. The van der Waals surface area contributed by atoms with E-state index in [1.54, 1.807) is 58.3 Å². The number of piperazine rings is 1. The fourth-order valence-electron chi connectivity index (χ4n) is 5.68. The molecule has 250 valence electrons. The molecule has 3 heterocycles. The first-order valence-electron chi connectivity index (χ1n) is 15.0. The number of nitriles is 1. The highest BCUT2D eigenvalue weighted by Crippen LogP contribution is 2.48. The predicted molar refractivity (Wildman–Crippen MR) is 174 cm³/mol. The molecule has 3 aromatic rings. The first-order valence-corrected chi connectivity index (χ1v) is 16.2. The number of halogens is 3. The van der Waals surface area contributed by atoms with Crippen molar-refractivity contribution in [2.45, 2.75) is 78.2 Å². The molecule has 5 rings (SSSR count). The summed E-state index contributed by atoms with van der Waals surface area (Å²) in [6.45, 7) is 12.6. The molecule has 0 aliphatic carbocycles. The number of hydrogen-bond donors (Lipinski definition) is 1. The van der Waals surface area contributed by atoms with E-state index in [-0.39, 0.29) is 73.9 Å². The zero-order chi connectivity index (χ0) is 34.6. The molecule has 10 nitrogen and oxygen atoms in total. The number of rotatable bonds is 2. The first-order chi connectivity index (χ1) is 21.9. The van der Waals surface area contributed by atoms with Crippen LogP contribution >= 0.6 is 22.9 Å². The van der Waals surface area contributed by atoms with Crippen LogP contribution in [0.5, 0.6) is 5.75 Å². The number of anilines is 1. The number of thiophene rings is 1. The largest absolute Gasteiger partial charge is 0.491 e. The highest BCUT2D eigenvalue weighted by molar-refractivity contribution is 7.23. The average molecular weight is 689 g/mol. The molecule has 1 saturated heterocycles. The van der Waals surface area contributed by atoms with Gasteiger partial charge in [0.25, 0.3) is 5.91 Å². The van der Waals surface area contributed by atoms with Crippen molar-refractivity contribution in [1.29, 1.82) is 5.26 Å². The Morgan fingerprint density at radius 3 is 2.40 bits per heavy atom. The lowest BCUT2D eigenvalue weighted by molar-refractivity contribution is -0.0136. The van der Waals surface area contributed by atoms with Gasteiger partial charge in [-0.1, -0.05) is 17.7 Å². The van der Waals surface area contributed by atoms with Gasteiger partial charge in [0.1, 0.15) is 33.9 Å². The maximum atomic E-state index is 16.2. The summed E-state index contributed by atoms with van der Waals surface area (Å²) in [6.07, 6.45) is -0.983. The van der Waals surface area contributed by atoms with Gasteiger partial charge in [0.15, 0.2) is 5.75 Å². The van der Waals surface area contributed by atoms with Crippen molar-refractivity contribution in [1.82, 2.24) is 9.80 Å². The molecule has 0 spiro atoms. The van der Waals surface area contributed by atoms with Crippen molar-refractivity contribution < 1.29 is 37.4 Å². The van der Waals surface area contributed by atoms with Crippen molar-refractivity contribution in [3.8, 4) is 22.9 Å². The van der Waals surface area contributed by atoms with Gasteiger partial charge in [-0.25, -0.2) is 18.4 Å². The normalized spacial score (nSPS) is 18.4. The van der Waals surface area contributed by atoms with Crippen molar-refractivity contribution in [2.24, 2.45) is 0 Å². The number of fused-ring (bicyclic) bond motifs is 3. The van der Waals surface area contributed by atoms with Gasteiger partial charge >= 0.3 is 12.2 Å². The Bertz CT molecular complexity index is 1830. The summed E-state index contributed by atoms with van der Waals surface area (Å²) in [5.74, 6) is -2.16. The van der Waals surface area contributed by atoms with Crippen molar-refractivity contribution >= 4 is 56.1 Å². The van der Waals surface area contributed by atoms with E-state index >= 15 is 8.78 Å². The summed E-state index contributed by atoms with van der Waals surface area (Å²) in [6, 6.07) is 4.62. The number of benzene rings is 2. The Labute approximate surface area is 280 Å². The zero-order valence-electron chi connectivity index (χ0n) is 27.0. The average Bonchev–Trinajstić information content (AvgIpc) is 3.31. The summed E-state index contributed by atoms with van der Waals surface area (Å²) in [7, 11) is 0. The number of carbonyl (C=O) groups excluding carboxylic acids is 3. The molecule has 2 aliphatic rings. The molecule has 2 aliphatic heterocycles. The number of amides is 3. The van der Waals surface area contributed by atoms with Crippen LogP contribution in [0.3, 0.4) is 0 Å². The lowest BCUT2D eigenvalue weighted by Gasteiger charge is -2.46. The summed E-state index contributed by atoms with van der Waals surface area (Å²) in [5.41, 5.74) is -1.85. The van der Waals surface area contributed by atoms with E-state index < -0.39 is 47.0 Å². The fraction of sp³-hybridized carbons (Fsp3) is 0.455. The van der Waals surface area contributed by atoms with Crippen LogP contribution < -0.4 is 10.1 Å². The number of nitrogens with zero attached hydrogens (tertiary/aromatic N) is 3. The third kappa shape index (κ3) is 6.80. The van der Waals surface area contributed by atoms with Crippen LogP contribution in [0.1, 0.15) is 70.8 Å². The second-order valence-electron chi connectivity index (χ2n) is 13.5. The third-order valence-electron chi connectivity index (χ3n) is 7.62. The molecule has 0 saturated carbocycles. The number of ether oxygens (including phenoxy) is 3. The van der Waals surface area contributed by atoms with Gasteiger partial charge in [-0.05, 0) is 66.2 Å². The molecular weight excluding hydrogens is 654 g/mol. The van der Waals surface area contributed by atoms with Crippen LogP contribution in [0.15, 0.2) is 18.2 Å². The summed E-state index contributed by atoms with van der Waals surface area (Å²) < 4.78 is 48.1. The molecule has 2 atom stereocenters. The second-order valence-corrected chi connectivity index (χ2v) is 14.9. The number of hydrogen-bond acceptors (Lipinski definition) is 8. The van der Waals surface area contributed by atoms with Crippen LogP contribution in [0.25, 0.3) is 21.2 Å². The summed E-state index contributed by atoms with van der Waals surface area (Å²) >= 11 is 7.62. The van der Waals surface area contributed by atoms with Crippen molar-refractivity contribution in [2.75, 3.05) is 25.0 Å². The molecule has 2 aromatic carbocycles. The van der Waals surface area contributed by atoms with E-state index in [4.69, 9.17) is 25.8 Å². The minimum Gasteiger partial charge on any atom is -0.491 e. The molecular formula is C33H35ClF2N4O6S. The molecule has 0 unspecified atom stereocenters. The van der Waals surface area contributed by atoms with Gasteiger partial charge in [0.2, 0.25) is 0 Å². The Kier molecular flexibility index (Phi) is 9.07. The Balaban J connectivity index is 1.55. The maximum absolute atomic E-state index is 16.2. The van der Waals surface area contributed by atoms with Gasteiger partial charge in [0.05, 0.1) is 33.5 Å². The van der Waals surface area contributed by atoms with Crippen molar-refractivity contribution in [3.05, 3.63) is 46.0 Å². The van der Waals surface area contributed by atoms with Gasteiger partial charge < -0.3 is 24.0 Å². The van der Waals surface area contributed by atoms with Crippen molar-refractivity contribution in [3.63, 3.8) is 0 Å². The van der Waals surface area contributed by atoms with Gasteiger partial charge in [-0.15, -0.1) is 11.3 Å². The Morgan fingerprint density at radius 2 is 1.77 bits per heavy atom. The highest BCUT2D eigenvalue weighted by atomic mass is 35.5. The van der Waals surface area contributed by atoms with Crippen LogP contribution in [0, 0.1) is 23.0 Å². The molecule has 1 fully saturated rings. The molecule has 0 bridgehead atoms. The van der Waals surface area contributed by atoms with E-state index in [0.29, 0.717) is 6.42 Å². The Morgan fingerprint density at radius 1 is 1.09 bits per heavy atom. The number of carbonyl (C=O) groups is 3. The van der Waals surface area contributed by atoms with Gasteiger partial charge in [-0.3, -0.25) is 10.1 Å². The topological polar surface area (TPSA) is 121 Å². The van der Waals surface area contributed by atoms with Gasteiger partial charge in [0, 0.05) is 36.5 Å². The maximum Gasteiger partial charge on any atom is 0.412 e. The molecule has 1 aromatic heterocycles. The molecule has 1 N–H and O–H groups in total. The van der Waals surface area contributed by atoms with Crippen LogP contribution in [0.2, 0.25) is 5.02 Å². The fourth-order valence-corrected chi connectivity index (χ4v) is 7.10. The van der Waals surface area contributed by atoms with Crippen LogP contribution in [0.4, 0.5) is 23.4 Å². The van der Waals surface area contributed by atoms with E-state index in [1.165, 1.54) is 6.07 Å². The molecule has 47 heavy (non-hydrogen) atoms. The van der Waals surface area contributed by atoms with E-state index in [9.17, 15) is 19.6 Å². The molecule has 3 amide bonds. The first kappa shape index (κ1) is 34.2. The lowest BCUT2D eigenvalue weighted by atomic mass is 9.95. The minimum absolute atomic E-state index is 0.0102.